The molecule has 4 nitrogen and oxygen atoms in total. The van der Waals surface area contributed by atoms with Crippen LogP contribution < -0.4 is 5.32 Å². The van der Waals surface area contributed by atoms with Gasteiger partial charge in [0, 0.05) is 12.6 Å². The predicted octanol–water partition coefficient (Wildman–Crippen LogP) is 0.995. The fraction of sp³-hybridized carbons (Fsp3) is 0.923. The first kappa shape index (κ1) is 14.5. The van der Waals surface area contributed by atoms with Crippen LogP contribution >= 0.6 is 0 Å². The zero-order valence-electron chi connectivity index (χ0n) is 11.3. The van der Waals surface area contributed by atoms with Crippen LogP contribution in [0.2, 0.25) is 0 Å². The maximum atomic E-state index is 12.7. The molecule has 100 valence electrons. The van der Waals surface area contributed by atoms with Gasteiger partial charge in [0.05, 0.1) is 12.0 Å². The average Bonchev–Trinajstić information content (AvgIpc) is 2.35. The lowest BCUT2D eigenvalue weighted by atomic mass is 9.75. The smallest absolute Gasteiger partial charge is 0.229 e. The minimum absolute atomic E-state index is 0.0436. The molecule has 4 heteroatoms. The summed E-state index contributed by atoms with van der Waals surface area (Å²) in [6, 6.07) is 0.160. The molecular weight excluding hydrogens is 216 g/mol. The van der Waals surface area contributed by atoms with E-state index in [-0.39, 0.29) is 24.0 Å². The number of aliphatic hydroxyl groups is 1. The number of amides is 1. The molecule has 0 saturated carbocycles. The highest BCUT2D eigenvalue weighted by Gasteiger charge is 2.40. The van der Waals surface area contributed by atoms with Crippen LogP contribution in [0, 0.1) is 5.41 Å². The number of rotatable bonds is 5. The van der Waals surface area contributed by atoms with Gasteiger partial charge < -0.3 is 15.3 Å². The van der Waals surface area contributed by atoms with Crippen molar-refractivity contribution >= 4 is 5.91 Å². The van der Waals surface area contributed by atoms with E-state index in [0.717, 1.165) is 32.4 Å². The first-order valence-electron chi connectivity index (χ1n) is 6.70. The number of hydrogen-bond acceptors (Lipinski definition) is 3. The predicted molar refractivity (Wildman–Crippen MR) is 68.8 cm³/mol. The van der Waals surface area contributed by atoms with E-state index in [1.165, 1.54) is 0 Å². The van der Waals surface area contributed by atoms with Crippen molar-refractivity contribution < 1.29 is 9.90 Å². The highest BCUT2D eigenvalue weighted by molar-refractivity contribution is 5.83. The number of piperidine rings is 1. The van der Waals surface area contributed by atoms with Gasteiger partial charge in [-0.05, 0) is 46.2 Å². The molecule has 0 aromatic carbocycles. The van der Waals surface area contributed by atoms with Crippen molar-refractivity contribution in [2.75, 3.05) is 26.2 Å². The quantitative estimate of drug-likeness (QED) is 0.756. The van der Waals surface area contributed by atoms with Crippen molar-refractivity contribution in [2.24, 2.45) is 5.41 Å². The summed E-state index contributed by atoms with van der Waals surface area (Å²) in [4.78, 5) is 14.5. The number of carbonyl (C=O) groups is 1. The Morgan fingerprint density at radius 1 is 1.41 bits per heavy atom. The van der Waals surface area contributed by atoms with Gasteiger partial charge in [0.15, 0.2) is 0 Å². The monoisotopic (exact) mass is 242 g/mol. The van der Waals surface area contributed by atoms with E-state index >= 15 is 0 Å². The lowest BCUT2D eigenvalue weighted by Gasteiger charge is -2.41. The molecule has 1 amide bonds. The van der Waals surface area contributed by atoms with E-state index in [4.69, 9.17) is 5.11 Å². The van der Waals surface area contributed by atoms with Crippen LogP contribution in [0.15, 0.2) is 0 Å². The molecule has 1 fully saturated rings. The molecule has 0 unspecified atom stereocenters. The summed E-state index contributed by atoms with van der Waals surface area (Å²) in [6.45, 7) is 8.46. The molecule has 0 aromatic rings. The molecule has 1 saturated heterocycles. The van der Waals surface area contributed by atoms with Crippen molar-refractivity contribution in [1.82, 2.24) is 10.2 Å². The maximum Gasteiger partial charge on any atom is 0.229 e. The number of nitrogens with one attached hydrogen (secondary N) is 1. The third-order valence-corrected chi connectivity index (χ3v) is 3.92. The maximum absolute atomic E-state index is 12.7. The van der Waals surface area contributed by atoms with E-state index in [9.17, 15) is 4.79 Å². The number of hydrogen-bond donors (Lipinski definition) is 2. The second-order valence-corrected chi connectivity index (χ2v) is 5.20. The van der Waals surface area contributed by atoms with Crippen LogP contribution in [-0.2, 0) is 4.79 Å². The van der Waals surface area contributed by atoms with Crippen LogP contribution in [-0.4, -0.2) is 48.2 Å². The molecule has 0 radical (unpaired) electrons. The Labute approximate surface area is 104 Å². The van der Waals surface area contributed by atoms with Crippen LogP contribution in [0.5, 0.6) is 0 Å². The van der Waals surface area contributed by atoms with E-state index in [1.54, 1.807) is 0 Å². The fourth-order valence-electron chi connectivity index (χ4n) is 2.63. The number of nitrogens with zero attached hydrogens (tertiary/aromatic N) is 1. The van der Waals surface area contributed by atoms with E-state index < -0.39 is 0 Å². The molecule has 0 spiro atoms. The van der Waals surface area contributed by atoms with Gasteiger partial charge in [-0.25, -0.2) is 0 Å². The molecule has 1 heterocycles. The van der Waals surface area contributed by atoms with Crippen LogP contribution in [0.3, 0.4) is 0 Å². The molecule has 1 aliphatic heterocycles. The number of carbonyl (C=O) groups excluding carboxylic acids is 1. The summed E-state index contributed by atoms with van der Waals surface area (Å²) >= 11 is 0. The van der Waals surface area contributed by atoms with Crippen LogP contribution in [0.1, 0.15) is 40.0 Å². The van der Waals surface area contributed by atoms with Crippen molar-refractivity contribution in [3.63, 3.8) is 0 Å². The van der Waals surface area contributed by atoms with Gasteiger partial charge >= 0.3 is 0 Å². The Morgan fingerprint density at radius 2 is 2.00 bits per heavy atom. The van der Waals surface area contributed by atoms with Crippen LogP contribution in [0.25, 0.3) is 0 Å². The van der Waals surface area contributed by atoms with Crippen molar-refractivity contribution in [1.29, 1.82) is 0 Å². The summed E-state index contributed by atoms with van der Waals surface area (Å²) in [6.07, 6.45) is 2.72. The topological polar surface area (TPSA) is 52.6 Å². The van der Waals surface area contributed by atoms with Crippen molar-refractivity contribution in [3.8, 4) is 0 Å². The molecule has 0 bridgehead atoms. The zero-order valence-corrected chi connectivity index (χ0v) is 11.3. The molecule has 1 rings (SSSR count). The standard InChI is InChI=1S/C13H26N2O2/c1-4-13(5-7-14-8-6-13)12(17)15(9-10-16)11(2)3/h11,14,16H,4-10H2,1-3H3. The summed E-state index contributed by atoms with van der Waals surface area (Å²) < 4.78 is 0. The lowest BCUT2D eigenvalue weighted by molar-refractivity contribution is -0.146. The third kappa shape index (κ3) is 3.19. The van der Waals surface area contributed by atoms with Gasteiger partial charge in [0.1, 0.15) is 0 Å². The average molecular weight is 242 g/mol. The summed E-state index contributed by atoms with van der Waals surface area (Å²) in [5.74, 6) is 0.227. The first-order valence-corrected chi connectivity index (χ1v) is 6.70. The van der Waals surface area contributed by atoms with Crippen LogP contribution in [0.4, 0.5) is 0 Å². The van der Waals surface area contributed by atoms with Gasteiger partial charge in [0.2, 0.25) is 5.91 Å². The highest BCUT2D eigenvalue weighted by atomic mass is 16.3. The summed E-state index contributed by atoms with van der Waals surface area (Å²) in [5, 5.41) is 12.4. The normalized spacial score (nSPS) is 19.4. The van der Waals surface area contributed by atoms with E-state index in [0.29, 0.717) is 6.54 Å². The van der Waals surface area contributed by atoms with Gasteiger partial charge in [-0.1, -0.05) is 6.92 Å². The second kappa shape index (κ2) is 6.36. The molecule has 0 aliphatic carbocycles. The zero-order chi connectivity index (χ0) is 12.9. The van der Waals surface area contributed by atoms with Gasteiger partial charge in [-0.3, -0.25) is 4.79 Å². The second-order valence-electron chi connectivity index (χ2n) is 5.20. The van der Waals surface area contributed by atoms with Gasteiger partial charge in [-0.15, -0.1) is 0 Å². The highest BCUT2D eigenvalue weighted by Crippen LogP contribution is 2.35. The van der Waals surface area contributed by atoms with Gasteiger partial charge in [0.25, 0.3) is 0 Å². The van der Waals surface area contributed by atoms with Crippen molar-refractivity contribution in [3.05, 3.63) is 0 Å². The largest absolute Gasteiger partial charge is 0.395 e. The third-order valence-electron chi connectivity index (χ3n) is 3.92. The Balaban J connectivity index is 2.81. The van der Waals surface area contributed by atoms with Gasteiger partial charge in [-0.2, -0.15) is 0 Å². The fourth-order valence-corrected chi connectivity index (χ4v) is 2.63. The first-order chi connectivity index (χ1) is 8.07. The number of aliphatic hydroxyl groups excluding tert-OH is 1. The lowest BCUT2D eigenvalue weighted by Crippen LogP contribution is -2.51. The van der Waals surface area contributed by atoms with E-state index in [2.05, 4.69) is 12.2 Å². The molecule has 0 aromatic heterocycles. The SMILES string of the molecule is CCC1(C(=O)N(CCO)C(C)C)CCNCC1. The van der Waals surface area contributed by atoms with E-state index in [1.807, 2.05) is 18.7 Å². The Kier molecular flexibility index (Phi) is 5.40. The molecule has 0 atom stereocenters. The Bertz CT molecular complexity index is 248. The van der Waals surface area contributed by atoms with Crippen molar-refractivity contribution in [2.45, 2.75) is 46.1 Å². The summed E-state index contributed by atoms with van der Waals surface area (Å²) in [5.41, 5.74) is -0.204. The minimum Gasteiger partial charge on any atom is -0.395 e. The molecule has 2 N–H and O–H groups in total. The molecule has 1 aliphatic rings. The molecule has 17 heavy (non-hydrogen) atoms. The molecular formula is C13H26N2O2. The Hall–Kier alpha value is -0.610. The minimum atomic E-state index is -0.204. The Morgan fingerprint density at radius 3 is 2.41 bits per heavy atom. The summed E-state index contributed by atoms with van der Waals surface area (Å²) in [7, 11) is 0.